The predicted molar refractivity (Wildman–Crippen MR) is 63.8 cm³/mol. The molecule has 0 saturated carbocycles. The van der Waals surface area contributed by atoms with Crippen molar-refractivity contribution in [3.05, 3.63) is 29.6 Å². The average Bonchev–Trinajstić information content (AvgIpc) is 2.31. The van der Waals surface area contributed by atoms with Crippen molar-refractivity contribution in [2.24, 2.45) is 5.41 Å². The first-order chi connectivity index (χ1) is 7.98. The largest absolute Gasteiger partial charge is 0.396 e. The van der Waals surface area contributed by atoms with Crippen LogP contribution in [0.1, 0.15) is 19.4 Å². The highest BCUT2D eigenvalue weighted by molar-refractivity contribution is 7.94. The van der Waals surface area contributed by atoms with Crippen LogP contribution >= 0.6 is 12.0 Å². The summed E-state index contributed by atoms with van der Waals surface area (Å²) in [6, 6.07) is 6.02. The summed E-state index contributed by atoms with van der Waals surface area (Å²) >= 11 is 0.882. The zero-order valence-electron chi connectivity index (χ0n) is 9.74. The number of aliphatic hydroxyl groups excluding tert-OH is 1. The van der Waals surface area contributed by atoms with Crippen LogP contribution in [-0.4, -0.2) is 18.3 Å². The number of rotatable bonds is 5. The van der Waals surface area contributed by atoms with E-state index in [1.165, 1.54) is 18.2 Å². The van der Waals surface area contributed by atoms with E-state index in [0.717, 1.165) is 12.0 Å². The molecule has 0 atom stereocenters. The Hall–Kier alpha value is -1.09. The smallest absolute Gasteiger partial charge is 0.139 e. The molecule has 0 fully saturated rings. The SMILES string of the molecule is CC(C)(CO)COSc1cc(C#N)ccc1F. The van der Waals surface area contributed by atoms with E-state index in [1.807, 2.05) is 19.9 Å². The summed E-state index contributed by atoms with van der Waals surface area (Å²) in [6.45, 7) is 3.98. The lowest BCUT2D eigenvalue weighted by Gasteiger charge is -2.20. The Morgan fingerprint density at radius 3 is 2.82 bits per heavy atom. The van der Waals surface area contributed by atoms with Crippen molar-refractivity contribution >= 4 is 12.0 Å². The maximum Gasteiger partial charge on any atom is 0.139 e. The molecule has 0 aliphatic heterocycles. The number of halogens is 1. The summed E-state index contributed by atoms with van der Waals surface area (Å²) in [5, 5.41) is 17.7. The zero-order chi connectivity index (χ0) is 12.9. The van der Waals surface area contributed by atoms with E-state index in [4.69, 9.17) is 14.6 Å². The summed E-state index contributed by atoms with van der Waals surface area (Å²) in [6.07, 6.45) is 0. The topological polar surface area (TPSA) is 53.2 Å². The van der Waals surface area contributed by atoms with E-state index in [-0.39, 0.29) is 16.9 Å². The molecule has 5 heteroatoms. The second-order valence-corrected chi connectivity index (χ2v) is 5.27. The van der Waals surface area contributed by atoms with Gasteiger partial charge in [-0.2, -0.15) is 5.26 Å². The minimum Gasteiger partial charge on any atom is -0.396 e. The van der Waals surface area contributed by atoms with Gasteiger partial charge in [-0.25, -0.2) is 4.39 Å². The van der Waals surface area contributed by atoms with E-state index in [9.17, 15) is 4.39 Å². The molecule has 0 aliphatic rings. The van der Waals surface area contributed by atoms with Gasteiger partial charge in [0.25, 0.3) is 0 Å². The Bertz CT molecular complexity index is 429. The first-order valence-corrected chi connectivity index (χ1v) is 5.83. The molecule has 17 heavy (non-hydrogen) atoms. The maximum atomic E-state index is 13.3. The Morgan fingerprint density at radius 1 is 1.53 bits per heavy atom. The van der Waals surface area contributed by atoms with Gasteiger partial charge in [-0.1, -0.05) is 13.8 Å². The monoisotopic (exact) mass is 255 g/mol. The third-order valence-corrected chi connectivity index (χ3v) is 2.81. The Morgan fingerprint density at radius 2 is 2.24 bits per heavy atom. The number of aliphatic hydroxyl groups is 1. The van der Waals surface area contributed by atoms with Crippen LogP contribution in [0.4, 0.5) is 4.39 Å². The van der Waals surface area contributed by atoms with Crippen molar-refractivity contribution in [1.82, 2.24) is 0 Å². The Balaban J connectivity index is 2.61. The van der Waals surface area contributed by atoms with Gasteiger partial charge in [0.2, 0.25) is 0 Å². The minimum atomic E-state index is -0.421. The molecule has 3 nitrogen and oxygen atoms in total. The molecule has 0 heterocycles. The van der Waals surface area contributed by atoms with E-state index >= 15 is 0 Å². The minimum absolute atomic E-state index is 0.00568. The van der Waals surface area contributed by atoms with Crippen molar-refractivity contribution in [3.63, 3.8) is 0 Å². The third-order valence-electron chi connectivity index (χ3n) is 2.09. The molecule has 0 aliphatic carbocycles. The molecule has 1 N–H and O–H groups in total. The molecular weight excluding hydrogens is 241 g/mol. The maximum absolute atomic E-state index is 13.3. The van der Waals surface area contributed by atoms with Gasteiger partial charge in [0, 0.05) is 17.5 Å². The summed E-state index contributed by atoms with van der Waals surface area (Å²) in [4.78, 5) is 0.276. The fourth-order valence-corrected chi connectivity index (χ4v) is 1.76. The third kappa shape index (κ3) is 4.35. The molecule has 1 aromatic rings. The van der Waals surface area contributed by atoms with Gasteiger partial charge in [-0.15, -0.1) is 0 Å². The summed E-state index contributed by atoms with van der Waals surface area (Å²) in [5.41, 5.74) is 0.0231. The Kier molecular flexibility index (Phi) is 4.94. The first-order valence-electron chi connectivity index (χ1n) is 5.08. The summed E-state index contributed by atoms with van der Waals surface area (Å²) in [7, 11) is 0. The second kappa shape index (κ2) is 6.01. The highest BCUT2D eigenvalue weighted by atomic mass is 32.2. The fraction of sp³-hybridized carbons (Fsp3) is 0.417. The van der Waals surface area contributed by atoms with E-state index in [0.29, 0.717) is 12.2 Å². The van der Waals surface area contributed by atoms with Crippen molar-refractivity contribution in [3.8, 4) is 6.07 Å². The molecular formula is C12H14FNO2S. The fourth-order valence-electron chi connectivity index (χ4n) is 0.935. The molecule has 0 unspecified atom stereocenters. The van der Waals surface area contributed by atoms with Crippen molar-refractivity contribution in [2.75, 3.05) is 13.2 Å². The number of nitriles is 1. The van der Waals surface area contributed by atoms with E-state index in [2.05, 4.69) is 0 Å². The number of benzene rings is 1. The molecule has 1 rings (SSSR count). The second-order valence-electron chi connectivity index (χ2n) is 4.42. The van der Waals surface area contributed by atoms with E-state index < -0.39 is 5.82 Å². The number of hydrogen-bond acceptors (Lipinski definition) is 4. The van der Waals surface area contributed by atoms with Crippen LogP contribution in [-0.2, 0) is 4.18 Å². The average molecular weight is 255 g/mol. The lowest BCUT2D eigenvalue weighted by Crippen LogP contribution is -2.22. The molecule has 0 bridgehead atoms. The van der Waals surface area contributed by atoms with Crippen LogP contribution in [0.2, 0.25) is 0 Å². The van der Waals surface area contributed by atoms with E-state index in [1.54, 1.807) is 0 Å². The lowest BCUT2D eigenvalue weighted by molar-refractivity contribution is 0.108. The molecule has 0 aromatic heterocycles. The highest BCUT2D eigenvalue weighted by Gasteiger charge is 2.17. The molecule has 1 aromatic carbocycles. The van der Waals surface area contributed by atoms with Crippen molar-refractivity contribution < 1.29 is 13.7 Å². The molecule has 0 radical (unpaired) electrons. The molecule has 92 valence electrons. The van der Waals surface area contributed by atoms with Gasteiger partial charge < -0.3 is 9.29 Å². The Labute approximate surface area is 104 Å². The van der Waals surface area contributed by atoms with Gasteiger partial charge >= 0.3 is 0 Å². The molecule has 0 spiro atoms. The van der Waals surface area contributed by atoms with Crippen molar-refractivity contribution in [2.45, 2.75) is 18.7 Å². The number of nitrogens with zero attached hydrogens (tertiary/aromatic N) is 1. The normalized spacial score (nSPS) is 11.2. The van der Waals surface area contributed by atoms with Crippen LogP contribution in [0.25, 0.3) is 0 Å². The van der Waals surface area contributed by atoms with Crippen LogP contribution in [0.15, 0.2) is 23.1 Å². The number of hydrogen-bond donors (Lipinski definition) is 1. The van der Waals surface area contributed by atoms with Gasteiger partial charge in [0.05, 0.1) is 29.7 Å². The van der Waals surface area contributed by atoms with Gasteiger partial charge in [0.1, 0.15) is 5.82 Å². The standard InChI is InChI=1S/C12H14FNO2S/c1-12(2,7-15)8-16-17-11-5-9(6-14)3-4-10(11)13/h3-5,15H,7-8H2,1-2H3. The van der Waals surface area contributed by atoms with Crippen LogP contribution in [0.3, 0.4) is 0 Å². The predicted octanol–water partition coefficient (Wildman–Crippen LogP) is 2.74. The van der Waals surface area contributed by atoms with Gasteiger partial charge in [-0.05, 0) is 18.2 Å². The first kappa shape index (κ1) is 14.0. The zero-order valence-corrected chi connectivity index (χ0v) is 10.6. The van der Waals surface area contributed by atoms with Crippen LogP contribution < -0.4 is 0 Å². The van der Waals surface area contributed by atoms with Crippen LogP contribution in [0.5, 0.6) is 0 Å². The molecule has 0 saturated heterocycles. The summed E-state index contributed by atoms with van der Waals surface area (Å²) < 4.78 is 18.6. The quantitative estimate of drug-likeness (QED) is 0.822. The summed E-state index contributed by atoms with van der Waals surface area (Å²) in [5.74, 6) is -0.421. The van der Waals surface area contributed by atoms with Crippen molar-refractivity contribution in [1.29, 1.82) is 5.26 Å². The molecule has 0 amide bonds. The van der Waals surface area contributed by atoms with Gasteiger partial charge in [0.15, 0.2) is 0 Å². The van der Waals surface area contributed by atoms with Gasteiger partial charge in [-0.3, -0.25) is 0 Å². The highest BCUT2D eigenvalue weighted by Crippen LogP contribution is 2.26. The lowest BCUT2D eigenvalue weighted by atomic mass is 9.97. The van der Waals surface area contributed by atoms with Crippen LogP contribution in [0, 0.1) is 22.6 Å².